The Balaban J connectivity index is 2.12. The van der Waals surface area contributed by atoms with Gasteiger partial charge in [-0.05, 0) is 30.5 Å². The van der Waals surface area contributed by atoms with Gasteiger partial charge in [0.15, 0.2) is 11.5 Å². The van der Waals surface area contributed by atoms with Gasteiger partial charge in [0, 0.05) is 13.1 Å². The maximum Gasteiger partial charge on any atom is 0.181 e. The molecule has 0 saturated carbocycles. The Hall–Kier alpha value is -2.16. The number of phenolic OH excluding ortho intramolecular Hbond substituents is 2. The van der Waals surface area contributed by atoms with Crippen LogP contribution >= 0.6 is 0 Å². The summed E-state index contributed by atoms with van der Waals surface area (Å²) in [5.41, 5.74) is 1.97. The fraction of sp³-hybridized carbons (Fsp3) is 0.294. The van der Waals surface area contributed by atoms with E-state index in [1.54, 1.807) is 6.07 Å². The molecule has 0 aromatic heterocycles. The van der Waals surface area contributed by atoms with Crippen LogP contribution in [0.2, 0.25) is 0 Å². The molecular formula is C17H21NO2. The van der Waals surface area contributed by atoms with Crippen LogP contribution in [0.1, 0.15) is 18.9 Å². The normalized spacial score (nSPS) is 10.4. The number of nitrogens with zero attached hydrogens (tertiary/aromatic N) is 1. The molecule has 0 heterocycles. The third kappa shape index (κ3) is 3.44. The lowest BCUT2D eigenvalue weighted by Crippen LogP contribution is -2.26. The molecule has 0 aliphatic heterocycles. The van der Waals surface area contributed by atoms with E-state index in [-0.39, 0.29) is 11.5 Å². The summed E-state index contributed by atoms with van der Waals surface area (Å²) >= 11 is 0. The SMILES string of the molecule is CCCN(CCc1ccccc1)c1cccc(O)c1O. The summed E-state index contributed by atoms with van der Waals surface area (Å²) in [6.07, 6.45) is 1.90. The van der Waals surface area contributed by atoms with Crippen molar-refractivity contribution >= 4 is 5.69 Å². The molecule has 0 saturated heterocycles. The van der Waals surface area contributed by atoms with Crippen molar-refractivity contribution in [3.8, 4) is 11.5 Å². The molecule has 0 fully saturated rings. The molecule has 0 radical (unpaired) electrons. The van der Waals surface area contributed by atoms with Crippen molar-refractivity contribution in [3.63, 3.8) is 0 Å². The summed E-state index contributed by atoms with van der Waals surface area (Å²) in [5, 5.41) is 19.6. The smallest absolute Gasteiger partial charge is 0.181 e. The van der Waals surface area contributed by atoms with E-state index in [0.717, 1.165) is 25.9 Å². The molecule has 2 N–H and O–H groups in total. The number of aromatic hydroxyl groups is 2. The largest absolute Gasteiger partial charge is 0.504 e. The number of para-hydroxylation sites is 1. The van der Waals surface area contributed by atoms with E-state index >= 15 is 0 Å². The monoisotopic (exact) mass is 271 g/mol. The first-order valence-corrected chi connectivity index (χ1v) is 7.02. The summed E-state index contributed by atoms with van der Waals surface area (Å²) < 4.78 is 0. The highest BCUT2D eigenvalue weighted by atomic mass is 16.3. The summed E-state index contributed by atoms with van der Waals surface area (Å²) in [7, 11) is 0. The van der Waals surface area contributed by atoms with Crippen LogP contribution in [-0.4, -0.2) is 23.3 Å². The molecule has 0 bridgehead atoms. The van der Waals surface area contributed by atoms with Crippen molar-refractivity contribution in [2.75, 3.05) is 18.0 Å². The predicted molar refractivity (Wildman–Crippen MR) is 82.4 cm³/mol. The van der Waals surface area contributed by atoms with E-state index in [9.17, 15) is 10.2 Å². The minimum atomic E-state index is -0.0664. The van der Waals surface area contributed by atoms with E-state index in [0.29, 0.717) is 5.69 Å². The van der Waals surface area contributed by atoms with Crippen molar-refractivity contribution in [2.45, 2.75) is 19.8 Å². The Morgan fingerprint density at radius 2 is 1.65 bits per heavy atom. The summed E-state index contributed by atoms with van der Waals surface area (Å²) in [5.74, 6) is -0.0997. The van der Waals surface area contributed by atoms with Gasteiger partial charge in [-0.15, -0.1) is 0 Å². The Morgan fingerprint density at radius 1 is 0.900 bits per heavy atom. The highest BCUT2D eigenvalue weighted by molar-refractivity contribution is 5.63. The number of hydrogen-bond acceptors (Lipinski definition) is 3. The fourth-order valence-corrected chi connectivity index (χ4v) is 2.31. The zero-order chi connectivity index (χ0) is 14.4. The average molecular weight is 271 g/mol. The van der Waals surface area contributed by atoms with Gasteiger partial charge in [0.05, 0.1) is 5.69 Å². The Kier molecular flexibility index (Phi) is 4.88. The second-order valence-corrected chi connectivity index (χ2v) is 4.87. The molecular weight excluding hydrogens is 250 g/mol. The molecule has 106 valence electrons. The van der Waals surface area contributed by atoms with Crippen LogP contribution in [0.4, 0.5) is 5.69 Å². The van der Waals surface area contributed by atoms with Crippen molar-refractivity contribution in [2.24, 2.45) is 0 Å². The van der Waals surface area contributed by atoms with Gasteiger partial charge in [-0.1, -0.05) is 43.3 Å². The van der Waals surface area contributed by atoms with Crippen LogP contribution in [0.25, 0.3) is 0 Å². The molecule has 2 aromatic rings. The van der Waals surface area contributed by atoms with E-state index in [4.69, 9.17) is 0 Å². The van der Waals surface area contributed by atoms with E-state index in [1.165, 1.54) is 11.6 Å². The number of rotatable bonds is 6. The Labute approximate surface area is 120 Å². The Bertz CT molecular complexity index is 540. The standard InChI is InChI=1S/C17H21NO2/c1-2-12-18(13-11-14-7-4-3-5-8-14)15-9-6-10-16(19)17(15)20/h3-10,19-20H,2,11-13H2,1H3. The molecule has 0 aliphatic rings. The van der Waals surface area contributed by atoms with Crippen LogP contribution in [0, 0.1) is 0 Å². The summed E-state index contributed by atoms with van der Waals surface area (Å²) in [6.45, 7) is 3.77. The van der Waals surface area contributed by atoms with Crippen molar-refractivity contribution in [1.29, 1.82) is 0 Å². The minimum absolute atomic E-state index is 0.0333. The van der Waals surface area contributed by atoms with Gasteiger partial charge >= 0.3 is 0 Å². The molecule has 3 heteroatoms. The molecule has 2 rings (SSSR count). The second-order valence-electron chi connectivity index (χ2n) is 4.87. The molecule has 2 aromatic carbocycles. The first-order chi connectivity index (χ1) is 9.72. The number of anilines is 1. The predicted octanol–water partition coefficient (Wildman–Crippen LogP) is 3.56. The average Bonchev–Trinajstić information content (AvgIpc) is 2.48. The number of phenols is 2. The number of benzene rings is 2. The van der Waals surface area contributed by atoms with Crippen LogP contribution in [0.5, 0.6) is 11.5 Å². The summed E-state index contributed by atoms with van der Waals surface area (Å²) in [4.78, 5) is 2.11. The topological polar surface area (TPSA) is 43.7 Å². The van der Waals surface area contributed by atoms with Gasteiger partial charge < -0.3 is 15.1 Å². The zero-order valence-corrected chi connectivity index (χ0v) is 11.8. The van der Waals surface area contributed by atoms with Crippen LogP contribution in [-0.2, 0) is 6.42 Å². The fourth-order valence-electron chi connectivity index (χ4n) is 2.31. The van der Waals surface area contributed by atoms with Gasteiger partial charge in [-0.25, -0.2) is 0 Å². The molecule has 0 atom stereocenters. The van der Waals surface area contributed by atoms with Crippen molar-refractivity contribution < 1.29 is 10.2 Å². The lowest BCUT2D eigenvalue weighted by Gasteiger charge is -2.25. The van der Waals surface area contributed by atoms with Crippen LogP contribution in [0.15, 0.2) is 48.5 Å². The lowest BCUT2D eigenvalue weighted by molar-refractivity contribution is 0.403. The van der Waals surface area contributed by atoms with Gasteiger partial charge in [0.1, 0.15) is 0 Å². The van der Waals surface area contributed by atoms with Gasteiger partial charge in [-0.3, -0.25) is 0 Å². The van der Waals surface area contributed by atoms with Gasteiger partial charge in [0.25, 0.3) is 0 Å². The minimum Gasteiger partial charge on any atom is -0.504 e. The first-order valence-electron chi connectivity index (χ1n) is 7.02. The van der Waals surface area contributed by atoms with Crippen LogP contribution in [0.3, 0.4) is 0 Å². The quantitative estimate of drug-likeness (QED) is 0.790. The van der Waals surface area contributed by atoms with E-state index in [2.05, 4.69) is 24.0 Å². The molecule has 0 aliphatic carbocycles. The second kappa shape index (κ2) is 6.85. The molecule has 3 nitrogen and oxygen atoms in total. The van der Waals surface area contributed by atoms with E-state index in [1.807, 2.05) is 24.3 Å². The summed E-state index contributed by atoms with van der Waals surface area (Å²) in [6, 6.07) is 15.4. The highest BCUT2D eigenvalue weighted by Crippen LogP contribution is 2.35. The molecule has 0 spiro atoms. The third-order valence-electron chi connectivity index (χ3n) is 3.34. The van der Waals surface area contributed by atoms with Crippen molar-refractivity contribution in [1.82, 2.24) is 0 Å². The Morgan fingerprint density at radius 3 is 2.35 bits per heavy atom. The molecule has 0 unspecified atom stereocenters. The molecule has 0 amide bonds. The first kappa shape index (κ1) is 14.3. The maximum atomic E-state index is 10.0. The highest BCUT2D eigenvalue weighted by Gasteiger charge is 2.12. The number of hydrogen-bond donors (Lipinski definition) is 2. The van der Waals surface area contributed by atoms with Gasteiger partial charge in [0.2, 0.25) is 0 Å². The lowest BCUT2D eigenvalue weighted by atomic mass is 10.1. The maximum absolute atomic E-state index is 10.0. The van der Waals surface area contributed by atoms with Crippen molar-refractivity contribution in [3.05, 3.63) is 54.1 Å². The van der Waals surface area contributed by atoms with Crippen LogP contribution < -0.4 is 4.90 Å². The molecule has 20 heavy (non-hydrogen) atoms. The van der Waals surface area contributed by atoms with Gasteiger partial charge in [-0.2, -0.15) is 0 Å². The van der Waals surface area contributed by atoms with E-state index < -0.39 is 0 Å². The zero-order valence-electron chi connectivity index (χ0n) is 11.8. The third-order valence-corrected chi connectivity index (χ3v) is 3.34.